The average molecular weight is 379 g/mol. The molecule has 7 heteroatoms. The molecule has 0 saturated carbocycles. The van der Waals surface area contributed by atoms with Crippen molar-refractivity contribution in [3.05, 3.63) is 36.2 Å². The van der Waals surface area contributed by atoms with Gasteiger partial charge in [0.1, 0.15) is 5.75 Å². The van der Waals surface area contributed by atoms with Crippen molar-refractivity contribution in [1.82, 2.24) is 20.0 Å². The highest BCUT2D eigenvalue weighted by Crippen LogP contribution is 2.37. The minimum absolute atomic E-state index is 0.0107. The lowest BCUT2D eigenvalue weighted by Gasteiger charge is -2.22. The van der Waals surface area contributed by atoms with Gasteiger partial charge in [0.15, 0.2) is 6.19 Å². The van der Waals surface area contributed by atoms with E-state index in [0.29, 0.717) is 11.3 Å². The van der Waals surface area contributed by atoms with Gasteiger partial charge in [-0.2, -0.15) is 10.4 Å². The quantitative estimate of drug-likeness (QED) is 0.808. The first-order valence-corrected chi connectivity index (χ1v) is 9.75. The molecule has 3 atom stereocenters. The van der Waals surface area contributed by atoms with E-state index in [1.165, 1.54) is 0 Å². The van der Waals surface area contributed by atoms with Crippen LogP contribution in [0.2, 0.25) is 0 Å². The van der Waals surface area contributed by atoms with E-state index in [1.807, 2.05) is 44.1 Å². The number of hydrogen-bond acceptors (Lipinski definition) is 5. The molecule has 2 aliphatic heterocycles. The summed E-state index contributed by atoms with van der Waals surface area (Å²) in [6.07, 6.45) is 8.82. The number of nitriles is 1. The average Bonchev–Trinajstić information content (AvgIpc) is 3.35. The molecule has 1 N–H and O–H groups in total. The van der Waals surface area contributed by atoms with Gasteiger partial charge in [0, 0.05) is 36.0 Å². The van der Waals surface area contributed by atoms with Crippen LogP contribution in [-0.2, 0) is 7.05 Å². The van der Waals surface area contributed by atoms with Crippen LogP contribution in [0, 0.1) is 11.5 Å². The molecule has 0 spiro atoms. The molecular formula is C21H25N5O2. The van der Waals surface area contributed by atoms with E-state index in [4.69, 9.17) is 4.74 Å². The fourth-order valence-corrected chi connectivity index (χ4v) is 4.37. The summed E-state index contributed by atoms with van der Waals surface area (Å²) in [7, 11) is 1.87. The van der Waals surface area contributed by atoms with E-state index in [1.54, 1.807) is 16.9 Å². The molecule has 3 heterocycles. The summed E-state index contributed by atoms with van der Waals surface area (Å²) in [6.45, 7) is 3.93. The highest BCUT2D eigenvalue weighted by atomic mass is 16.5. The van der Waals surface area contributed by atoms with Gasteiger partial charge in [-0.05, 0) is 51.3 Å². The third-order valence-corrected chi connectivity index (χ3v) is 5.59. The summed E-state index contributed by atoms with van der Waals surface area (Å²) in [5.74, 6) is 0.545. The number of rotatable bonds is 5. The van der Waals surface area contributed by atoms with Crippen molar-refractivity contribution in [2.75, 3.05) is 0 Å². The third kappa shape index (κ3) is 3.31. The monoisotopic (exact) mass is 379 g/mol. The molecule has 0 aliphatic carbocycles. The Morgan fingerprint density at radius 3 is 2.86 bits per heavy atom. The predicted octanol–water partition coefficient (Wildman–Crippen LogP) is 2.69. The molecule has 2 bridgehead atoms. The summed E-state index contributed by atoms with van der Waals surface area (Å²) in [5, 5.41) is 16.7. The van der Waals surface area contributed by atoms with Crippen LogP contribution in [0.3, 0.4) is 0 Å². The summed E-state index contributed by atoms with van der Waals surface area (Å²) in [4.78, 5) is 14.7. The van der Waals surface area contributed by atoms with Gasteiger partial charge < -0.3 is 15.0 Å². The second kappa shape index (κ2) is 7.19. The number of benzene rings is 1. The zero-order valence-corrected chi connectivity index (χ0v) is 16.4. The normalized spacial score (nSPS) is 23.1. The molecule has 2 fully saturated rings. The highest BCUT2D eigenvalue weighted by molar-refractivity contribution is 5.96. The Balaban J connectivity index is 1.56. The van der Waals surface area contributed by atoms with Crippen LogP contribution in [0.1, 0.15) is 43.5 Å². The molecule has 2 saturated heterocycles. The van der Waals surface area contributed by atoms with E-state index in [9.17, 15) is 10.1 Å². The molecule has 1 aromatic carbocycles. The van der Waals surface area contributed by atoms with Crippen molar-refractivity contribution in [2.45, 2.75) is 57.3 Å². The van der Waals surface area contributed by atoms with Crippen molar-refractivity contribution < 1.29 is 9.53 Å². The minimum atomic E-state index is -0.123. The van der Waals surface area contributed by atoms with Crippen LogP contribution >= 0.6 is 0 Å². The van der Waals surface area contributed by atoms with Gasteiger partial charge in [-0.1, -0.05) is 0 Å². The molecular weight excluding hydrogens is 354 g/mol. The predicted molar refractivity (Wildman–Crippen MR) is 105 cm³/mol. The molecule has 4 rings (SSSR count). The fourth-order valence-electron chi connectivity index (χ4n) is 4.37. The van der Waals surface area contributed by atoms with Crippen LogP contribution in [0.4, 0.5) is 0 Å². The number of carbonyl (C=O) groups excluding carboxylic acids is 1. The molecule has 28 heavy (non-hydrogen) atoms. The van der Waals surface area contributed by atoms with Crippen molar-refractivity contribution in [1.29, 1.82) is 5.26 Å². The Bertz CT molecular complexity index is 929. The highest BCUT2D eigenvalue weighted by Gasteiger charge is 2.46. The van der Waals surface area contributed by atoms with E-state index >= 15 is 0 Å². The van der Waals surface area contributed by atoms with Gasteiger partial charge in [-0.3, -0.25) is 9.48 Å². The number of aromatic nitrogens is 2. The number of ether oxygens (including phenoxy) is 1. The van der Waals surface area contributed by atoms with Crippen molar-refractivity contribution in [3.63, 3.8) is 0 Å². The smallest absolute Gasteiger partial charge is 0.251 e. The Kier molecular flexibility index (Phi) is 4.71. The van der Waals surface area contributed by atoms with Gasteiger partial charge in [-0.25, -0.2) is 0 Å². The Hall–Kier alpha value is -3.01. The van der Waals surface area contributed by atoms with Crippen LogP contribution in [0.15, 0.2) is 30.6 Å². The van der Waals surface area contributed by atoms with Crippen LogP contribution in [-0.4, -0.2) is 44.8 Å². The largest absolute Gasteiger partial charge is 0.490 e. The second-order valence-electron chi connectivity index (χ2n) is 7.90. The molecule has 0 unspecified atom stereocenters. The first-order chi connectivity index (χ1) is 13.5. The number of aryl methyl sites for hydroxylation is 1. The van der Waals surface area contributed by atoms with Gasteiger partial charge in [0.2, 0.25) is 0 Å². The van der Waals surface area contributed by atoms with Crippen molar-refractivity contribution in [2.24, 2.45) is 7.05 Å². The number of hydrogen-bond donors (Lipinski definition) is 1. The maximum atomic E-state index is 12.9. The zero-order valence-electron chi connectivity index (χ0n) is 16.4. The molecule has 2 aliphatic rings. The van der Waals surface area contributed by atoms with Crippen molar-refractivity contribution >= 4 is 5.91 Å². The molecule has 7 nitrogen and oxygen atoms in total. The SMILES string of the molecule is CC(C)Oc1cc(C(=O)N[C@@H]2C[C@@H]3CC[C@H]2N3C#N)ccc1-c1cnn(C)c1. The first-order valence-electron chi connectivity index (χ1n) is 9.75. The number of nitrogens with one attached hydrogen (secondary N) is 1. The van der Waals surface area contributed by atoms with Crippen LogP contribution < -0.4 is 10.1 Å². The standard InChI is InChI=1S/C21H25N5O2/c1-13(2)28-20-8-14(4-6-17(20)15-10-23-25(3)11-15)21(27)24-18-9-16-5-7-19(18)26(16)12-22/h4,6,8,10-11,13,16,18-19H,5,7,9H2,1-3H3,(H,24,27)/t16-,18+,19+/m0/s1. The van der Waals surface area contributed by atoms with E-state index in [-0.39, 0.29) is 30.1 Å². The maximum absolute atomic E-state index is 12.9. The van der Waals surface area contributed by atoms with Gasteiger partial charge >= 0.3 is 0 Å². The summed E-state index contributed by atoms with van der Waals surface area (Å²) in [6, 6.07) is 5.95. The van der Waals surface area contributed by atoms with Gasteiger partial charge in [0.05, 0.1) is 24.4 Å². The first kappa shape index (κ1) is 18.4. The Morgan fingerprint density at radius 2 is 2.21 bits per heavy atom. The van der Waals surface area contributed by atoms with Crippen LogP contribution in [0.5, 0.6) is 5.75 Å². The molecule has 2 aromatic rings. The Morgan fingerprint density at radius 1 is 1.39 bits per heavy atom. The zero-order chi connectivity index (χ0) is 19.8. The maximum Gasteiger partial charge on any atom is 0.251 e. The van der Waals surface area contributed by atoms with Gasteiger partial charge in [-0.15, -0.1) is 0 Å². The topological polar surface area (TPSA) is 83.2 Å². The number of carbonyl (C=O) groups is 1. The lowest BCUT2D eigenvalue weighted by molar-refractivity contribution is 0.0927. The molecule has 1 aromatic heterocycles. The fraction of sp³-hybridized carbons (Fsp3) is 0.476. The summed E-state index contributed by atoms with van der Waals surface area (Å²) < 4.78 is 7.73. The minimum Gasteiger partial charge on any atom is -0.490 e. The lowest BCUT2D eigenvalue weighted by atomic mass is 9.95. The molecule has 1 amide bonds. The number of nitrogens with zero attached hydrogens (tertiary/aromatic N) is 4. The van der Waals surface area contributed by atoms with Crippen LogP contribution in [0.25, 0.3) is 11.1 Å². The van der Waals surface area contributed by atoms with E-state index in [0.717, 1.165) is 30.4 Å². The number of fused-ring (bicyclic) bond motifs is 2. The molecule has 146 valence electrons. The van der Waals surface area contributed by atoms with Gasteiger partial charge in [0.25, 0.3) is 5.91 Å². The Labute approximate surface area is 164 Å². The van der Waals surface area contributed by atoms with Crippen molar-refractivity contribution in [3.8, 4) is 23.1 Å². The lowest BCUT2D eigenvalue weighted by Crippen LogP contribution is -2.43. The third-order valence-electron chi connectivity index (χ3n) is 5.59. The van der Waals surface area contributed by atoms with E-state index < -0.39 is 0 Å². The second-order valence-corrected chi connectivity index (χ2v) is 7.90. The van der Waals surface area contributed by atoms with E-state index in [2.05, 4.69) is 16.6 Å². The summed E-state index contributed by atoms with van der Waals surface area (Å²) in [5.41, 5.74) is 2.42. The molecule has 0 radical (unpaired) electrons. The number of amides is 1. The summed E-state index contributed by atoms with van der Waals surface area (Å²) >= 11 is 0.